The van der Waals surface area contributed by atoms with Crippen LogP contribution in [-0.4, -0.2) is 5.11 Å². The van der Waals surface area contributed by atoms with Crippen LogP contribution in [0.25, 0.3) is 5.57 Å². The number of fused-ring (bicyclic) bond motifs is 3. The molecule has 0 fully saturated rings. The van der Waals surface area contributed by atoms with Crippen molar-refractivity contribution in [3.63, 3.8) is 0 Å². The Morgan fingerprint density at radius 1 is 1.06 bits per heavy atom. The summed E-state index contributed by atoms with van der Waals surface area (Å²) in [4.78, 5) is 0. The molecule has 2 aliphatic rings. The molecule has 16 heavy (non-hydrogen) atoms. The molecular weight excluding hydrogens is 200 g/mol. The second-order valence-electron chi connectivity index (χ2n) is 3.70. The Morgan fingerprint density at radius 2 is 2.00 bits per heavy atom. The summed E-state index contributed by atoms with van der Waals surface area (Å²) in [5.74, 6) is 0.912. The van der Waals surface area contributed by atoms with Gasteiger partial charge in [-0.15, -0.1) is 0 Å². The van der Waals surface area contributed by atoms with Gasteiger partial charge in [-0.3, -0.25) is 0 Å². The monoisotopic (exact) mass is 210 g/mol. The van der Waals surface area contributed by atoms with E-state index in [1.165, 1.54) is 0 Å². The lowest BCUT2D eigenvalue weighted by Crippen LogP contribution is -2.00. The molecule has 0 saturated carbocycles. The van der Waals surface area contributed by atoms with E-state index in [2.05, 4.69) is 0 Å². The highest BCUT2D eigenvalue weighted by Crippen LogP contribution is 2.38. The number of hydrogen-bond acceptors (Lipinski definition) is 2. The Balaban J connectivity index is 2.20. The van der Waals surface area contributed by atoms with Crippen LogP contribution in [0.1, 0.15) is 5.56 Å². The predicted octanol–water partition coefficient (Wildman–Crippen LogP) is 3.18. The molecule has 78 valence electrons. The number of rotatable bonds is 0. The molecule has 0 amide bonds. The van der Waals surface area contributed by atoms with E-state index in [-0.39, 0.29) is 5.75 Å². The minimum absolute atomic E-state index is 0.218. The van der Waals surface area contributed by atoms with Crippen LogP contribution >= 0.6 is 0 Å². The molecule has 0 bridgehead atoms. The van der Waals surface area contributed by atoms with Crippen molar-refractivity contribution in [1.82, 2.24) is 0 Å². The van der Waals surface area contributed by atoms with E-state index in [1.807, 2.05) is 36.4 Å². The highest BCUT2D eigenvalue weighted by Gasteiger charge is 2.17. The standard InChI is InChI=1S/C14H10O2/c15-11-6-7-13-12-5-3-1-2-4-10(12)9-16-14(13)8-11/h1-9,15H. The van der Waals surface area contributed by atoms with Gasteiger partial charge in [-0.25, -0.2) is 0 Å². The maximum atomic E-state index is 9.39. The van der Waals surface area contributed by atoms with Gasteiger partial charge in [0.05, 0.1) is 6.26 Å². The highest BCUT2D eigenvalue weighted by atomic mass is 16.5. The molecule has 3 rings (SSSR count). The normalized spacial score (nSPS) is 16.5. The maximum absolute atomic E-state index is 9.39. The lowest BCUT2D eigenvalue weighted by molar-refractivity contribution is 0.450. The van der Waals surface area contributed by atoms with Crippen LogP contribution in [0.5, 0.6) is 11.5 Å². The number of phenolic OH excluding ortho intramolecular Hbond substituents is 1. The maximum Gasteiger partial charge on any atom is 0.138 e. The van der Waals surface area contributed by atoms with Gasteiger partial charge in [0.25, 0.3) is 0 Å². The third-order valence-electron chi connectivity index (χ3n) is 2.64. The van der Waals surface area contributed by atoms with Gasteiger partial charge < -0.3 is 9.84 Å². The van der Waals surface area contributed by atoms with Crippen LogP contribution in [0.2, 0.25) is 0 Å². The first kappa shape index (κ1) is 9.04. The fraction of sp³-hybridized carbons (Fsp3) is 0. The molecule has 0 aromatic heterocycles. The lowest BCUT2D eigenvalue weighted by Gasteiger charge is -2.18. The number of benzene rings is 1. The first-order chi connectivity index (χ1) is 7.84. The summed E-state index contributed by atoms with van der Waals surface area (Å²) in [6.45, 7) is 0. The Kier molecular flexibility index (Phi) is 1.93. The van der Waals surface area contributed by atoms with Crippen molar-refractivity contribution in [2.24, 2.45) is 0 Å². The molecule has 0 atom stereocenters. The van der Waals surface area contributed by atoms with Gasteiger partial charge in [-0.2, -0.15) is 0 Å². The lowest BCUT2D eigenvalue weighted by atomic mass is 9.96. The zero-order valence-electron chi connectivity index (χ0n) is 8.55. The fourth-order valence-corrected chi connectivity index (χ4v) is 1.87. The SMILES string of the molecule is Oc1ccc2c(c1)OC=C1C=CC=CC=C12. The molecule has 0 radical (unpaired) electrons. The number of phenols is 1. The Labute approximate surface area is 93.5 Å². The van der Waals surface area contributed by atoms with Crippen LogP contribution in [0.15, 0.2) is 60.4 Å². The smallest absolute Gasteiger partial charge is 0.138 e. The van der Waals surface area contributed by atoms with Crippen molar-refractivity contribution in [2.75, 3.05) is 0 Å². The zero-order valence-corrected chi connectivity index (χ0v) is 8.55. The summed E-state index contributed by atoms with van der Waals surface area (Å²) in [5.41, 5.74) is 3.17. The van der Waals surface area contributed by atoms with Crippen molar-refractivity contribution in [1.29, 1.82) is 0 Å². The number of allylic oxidation sites excluding steroid dienone is 7. The van der Waals surface area contributed by atoms with Crippen molar-refractivity contribution in [3.05, 3.63) is 66.0 Å². The van der Waals surface area contributed by atoms with Crippen LogP contribution in [0.4, 0.5) is 0 Å². The molecule has 2 nitrogen and oxygen atoms in total. The Hall–Kier alpha value is -2.22. The molecule has 0 spiro atoms. The molecule has 0 saturated heterocycles. The van der Waals surface area contributed by atoms with Crippen LogP contribution < -0.4 is 4.74 Å². The largest absolute Gasteiger partial charge is 0.508 e. The summed E-state index contributed by atoms with van der Waals surface area (Å²) in [6, 6.07) is 5.17. The van der Waals surface area contributed by atoms with E-state index in [4.69, 9.17) is 4.74 Å². The third kappa shape index (κ3) is 1.36. The second kappa shape index (κ2) is 3.42. The van der Waals surface area contributed by atoms with Crippen molar-refractivity contribution in [3.8, 4) is 11.5 Å². The third-order valence-corrected chi connectivity index (χ3v) is 2.64. The first-order valence-electron chi connectivity index (χ1n) is 5.10. The second-order valence-corrected chi connectivity index (χ2v) is 3.70. The van der Waals surface area contributed by atoms with Crippen LogP contribution in [0, 0.1) is 0 Å². The molecular formula is C14H10O2. The first-order valence-corrected chi connectivity index (χ1v) is 5.10. The molecule has 1 heterocycles. The Morgan fingerprint density at radius 3 is 2.94 bits per heavy atom. The predicted molar refractivity (Wildman–Crippen MR) is 63.1 cm³/mol. The summed E-state index contributed by atoms with van der Waals surface area (Å²) < 4.78 is 5.49. The minimum atomic E-state index is 0.218. The topological polar surface area (TPSA) is 29.5 Å². The summed E-state index contributed by atoms with van der Waals surface area (Å²) >= 11 is 0. The van der Waals surface area contributed by atoms with Gasteiger partial charge in [-0.05, 0) is 17.7 Å². The molecule has 1 aromatic rings. The molecule has 2 heteroatoms. The van der Waals surface area contributed by atoms with Crippen molar-refractivity contribution < 1.29 is 9.84 Å². The molecule has 0 unspecified atom stereocenters. The summed E-state index contributed by atoms with van der Waals surface area (Å²) in [7, 11) is 0. The number of aromatic hydroxyl groups is 1. The van der Waals surface area contributed by atoms with Crippen molar-refractivity contribution in [2.45, 2.75) is 0 Å². The molecule has 1 aliphatic carbocycles. The zero-order chi connectivity index (χ0) is 11.0. The van der Waals surface area contributed by atoms with E-state index >= 15 is 0 Å². The summed E-state index contributed by atoms with van der Waals surface area (Å²) in [5, 5.41) is 9.39. The van der Waals surface area contributed by atoms with Gasteiger partial charge in [0.2, 0.25) is 0 Å². The average molecular weight is 210 g/mol. The fourth-order valence-electron chi connectivity index (χ4n) is 1.87. The minimum Gasteiger partial charge on any atom is -0.508 e. The number of hydrogen-bond donors (Lipinski definition) is 1. The van der Waals surface area contributed by atoms with Crippen LogP contribution in [-0.2, 0) is 0 Å². The quantitative estimate of drug-likeness (QED) is 0.712. The Bertz CT molecular complexity index is 560. The van der Waals surface area contributed by atoms with Crippen molar-refractivity contribution >= 4 is 5.57 Å². The van der Waals surface area contributed by atoms with Gasteiger partial charge in [-0.1, -0.05) is 30.4 Å². The van der Waals surface area contributed by atoms with E-state index in [1.54, 1.807) is 18.4 Å². The van der Waals surface area contributed by atoms with Gasteiger partial charge in [0, 0.05) is 17.2 Å². The van der Waals surface area contributed by atoms with E-state index in [0.29, 0.717) is 5.75 Å². The van der Waals surface area contributed by atoms with Gasteiger partial charge >= 0.3 is 0 Å². The van der Waals surface area contributed by atoms with E-state index in [0.717, 1.165) is 16.7 Å². The summed E-state index contributed by atoms with van der Waals surface area (Å²) in [6.07, 6.45) is 11.7. The van der Waals surface area contributed by atoms with E-state index < -0.39 is 0 Å². The van der Waals surface area contributed by atoms with Gasteiger partial charge in [0.15, 0.2) is 0 Å². The average Bonchev–Trinajstić information content (AvgIpc) is 2.53. The molecule has 1 aliphatic heterocycles. The molecule has 1 N–H and O–H groups in total. The van der Waals surface area contributed by atoms with E-state index in [9.17, 15) is 5.11 Å². The highest BCUT2D eigenvalue weighted by molar-refractivity contribution is 5.87. The van der Waals surface area contributed by atoms with Gasteiger partial charge in [0.1, 0.15) is 11.5 Å². The molecule has 1 aromatic carbocycles. The van der Waals surface area contributed by atoms with Crippen LogP contribution in [0.3, 0.4) is 0 Å². The number of ether oxygens (including phenoxy) is 1.